The Hall–Kier alpha value is -2.15. The zero-order chi connectivity index (χ0) is 11.4. The largest absolute Gasteiger partial charge is 0.311 e. The van der Waals surface area contributed by atoms with Crippen molar-refractivity contribution < 1.29 is 9.18 Å². The molecule has 0 unspecified atom stereocenters. The second kappa shape index (κ2) is 4.38. The number of hydrogen-bond acceptors (Lipinski definition) is 2. The minimum atomic E-state index is -0.640. The highest BCUT2D eigenvalue weighted by atomic mass is 19.1. The lowest BCUT2D eigenvalue weighted by Gasteiger charge is -2.16. The van der Waals surface area contributed by atoms with E-state index in [0.717, 1.165) is 6.08 Å². The monoisotopic (exact) mass is 204 g/mol. The van der Waals surface area contributed by atoms with Crippen LogP contribution in [0, 0.1) is 17.1 Å². The minimum absolute atomic E-state index is 0.143. The highest BCUT2D eigenvalue weighted by Crippen LogP contribution is 2.21. The smallest absolute Gasteiger partial charge is 0.250 e. The van der Waals surface area contributed by atoms with E-state index in [-0.39, 0.29) is 11.3 Å². The van der Waals surface area contributed by atoms with Crippen LogP contribution < -0.4 is 4.90 Å². The number of carbonyl (C=O) groups excluding carboxylic acids is 1. The van der Waals surface area contributed by atoms with E-state index in [0.29, 0.717) is 0 Å². The fraction of sp³-hybridized carbons (Fsp3) is 0.0909. The Morgan fingerprint density at radius 3 is 2.87 bits per heavy atom. The van der Waals surface area contributed by atoms with E-state index in [1.54, 1.807) is 6.07 Å². The summed E-state index contributed by atoms with van der Waals surface area (Å²) in [5.74, 6) is -1.03. The Kier molecular flexibility index (Phi) is 3.19. The number of hydrogen-bond donors (Lipinski definition) is 0. The van der Waals surface area contributed by atoms with E-state index in [4.69, 9.17) is 5.26 Å². The van der Waals surface area contributed by atoms with Crippen LogP contribution in [-0.4, -0.2) is 13.0 Å². The number of amides is 1. The van der Waals surface area contributed by atoms with E-state index >= 15 is 0 Å². The molecule has 0 N–H and O–H groups in total. The molecule has 0 fully saturated rings. The van der Waals surface area contributed by atoms with Gasteiger partial charge in [0.25, 0.3) is 0 Å². The fourth-order valence-electron chi connectivity index (χ4n) is 1.16. The summed E-state index contributed by atoms with van der Waals surface area (Å²) < 4.78 is 13.2. The number of halogens is 1. The Balaban J connectivity index is 3.26. The van der Waals surface area contributed by atoms with Gasteiger partial charge in [0.1, 0.15) is 17.4 Å². The molecule has 0 saturated carbocycles. The SMILES string of the molecule is C=CC(=O)N(C)c1cccc(F)c1C#N. The highest BCUT2D eigenvalue weighted by Gasteiger charge is 2.14. The number of anilines is 1. The third-order valence-electron chi connectivity index (χ3n) is 1.97. The molecular weight excluding hydrogens is 195 g/mol. The van der Waals surface area contributed by atoms with Gasteiger partial charge in [0.15, 0.2) is 0 Å². The summed E-state index contributed by atoms with van der Waals surface area (Å²) in [5, 5.41) is 8.75. The minimum Gasteiger partial charge on any atom is -0.311 e. The predicted octanol–water partition coefficient (Wildman–Crippen LogP) is 1.85. The molecule has 15 heavy (non-hydrogen) atoms. The maximum atomic E-state index is 13.2. The van der Waals surface area contributed by atoms with Gasteiger partial charge in [0.2, 0.25) is 5.91 Å². The molecule has 0 aliphatic rings. The lowest BCUT2D eigenvalue weighted by atomic mass is 10.1. The molecule has 1 rings (SSSR count). The topological polar surface area (TPSA) is 44.1 Å². The van der Waals surface area contributed by atoms with Gasteiger partial charge in [-0.3, -0.25) is 4.79 Å². The second-order valence-electron chi connectivity index (χ2n) is 2.85. The standard InChI is InChI=1S/C11H9FN2O/c1-3-11(15)14(2)10-6-4-5-9(12)8(10)7-13/h3-6H,1H2,2H3. The molecule has 0 bridgehead atoms. The van der Waals surface area contributed by atoms with E-state index in [1.807, 2.05) is 0 Å². The molecule has 1 aromatic rings. The van der Waals surface area contributed by atoms with Crippen molar-refractivity contribution >= 4 is 11.6 Å². The van der Waals surface area contributed by atoms with Crippen LogP contribution in [0.2, 0.25) is 0 Å². The van der Waals surface area contributed by atoms with Crippen molar-refractivity contribution in [2.45, 2.75) is 0 Å². The van der Waals surface area contributed by atoms with Crippen molar-refractivity contribution in [2.24, 2.45) is 0 Å². The summed E-state index contributed by atoms with van der Waals surface area (Å²) in [6.45, 7) is 3.32. The molecule has 0 spiro atoms. The number of rotatable bonds is 2. The number of nitriles is 1. The first kappa shape index (κ1) is 10.9. The fourth-order valence-corrected chi connectivity index (χ4v) is 1.16. The van der Waals surface area contributed by atoms with Crippen LogP contribution in [0.1, 0.15) is 5.56 Å². The molecule has 1 aromatic carbocycles. The number of benzene rings is 1. The Bertz CT molecular complexity index is 448. The van der Waals surface area contributed by atoms with Crippen LogP contribution >= 0.6 is 0 Å². The molecule has 0 atom stereocenters. The molecule has 0 saturated heterocycles. The number of carbonyl (C=O) groups is 1. The maximum absolute atomic E-state index is 13.2. The van der Waals surface area contributed by atoms with E-state index in [9.17, 15) is 9.18 Å². The first-order valence-electron chi connectivity index (χ1n) is 4.20. The van der Waals surface area contributed by atoms with E-state index < -0.39 is 11.7 Å². The summed E-state index contributed by atoms with van der Waals surface area (Å²) in [6.07, 6.45) is 1.10. The molecule has 1 amide bonds. The molecule has 0 aliphatic carbocycles. The summed E-state index contributed by atoms with van der Waals surface area (Å²) in [7, 11) is 1.46. The van der Waals surface area contributed by atoms with Gasteiger partial charge in [0, 0.05) is 7.05 Å². The highest BCUT2D eigenvalue weighted by molar-refractivity contribution is 6.01. The normalized spacial score (nSPS) is 9.13. The van der Waals surface area contributed by atoms with Crippen LogP contribution in [0.4, 0.5) is 10.1 Å². The van der Waals surface area contributed by atoms with E-state index in [1.165, 1.54) is 30.1 Å². The van der Waals surface area contributed by atoms with Crippen molar-refractivity contribution in [1.82, 2.24) is 0 Å². The Labute approximate surface area is 87.0 Å². The van der Waals surface area contributed by atoms with Gasteiger partial charge in [0.05, 0.1) is 5.69 Å². The van der Waals surface area contributed by atoms with Crippen molar-refractivity contribution in [3.05, 3.63) is 42.2 Å². The van der Waals surface area contributed by atoms with Gasteiger partial charge >= 0.3 is 0 Å². The zero-order valence-electron chi connectivity index (χ0n) is 8.20. The molecule has 76 valence electrons. The number of likely N-dealkylation sites (N-methyl/N-ethyl adjacent to an activating group) is 1. The van der Waals surface area contributed by atoms with Crippen molar-refractivity contribution in [3.63, 3.8) is 0 Å². The lowest BCUT2D eigenvalue weighted by molar-refractivity contribution is -0.113. The summed E-state index contributed by atoms with van der Waals surface area (Å²) >= 11 is 0. The van der Waals surface area contributed by atoms with Crippen LogP contribution in [0.5, 0.6) is 0 Å². The molecule has 0 heterocycles. The van der Waals surface area contributed by atoms with Crippen molar-refractivity contribution in [2.75, 3.05) is 11.9 Å². The summed E-state index contributed by atoms with van der Waals surface area (Å²) in [4.78, 5) is 12.4. The van der Waals surface area contributed by atoms with Crippen LogP contribution in [0.15, 0.2) is 30.9 Å². The van der Waals surface area contributed by atoms with Gasteiger partial charge in [-0.2, -0.15) is 5.26 Å². The number of nitrogens with zero attached hydrogens (tertiary/aromatic N) is 2. The third-order valence-corrected chi connectivity index (χ3v) is 1.97. The third kappa shape index (κ3) is 2.02. The van der Waals surface area contributed by atoms with Crippen LogP contribution in [0.3, 0.4) is 0 Å². The Morgan fingerprint density at radius 2 is 2.33 bits per heavy atom. The first-order chi connectivity index (χ1) is 7.11. The molecular formula is C11H9FN2O. The molecule has 4 heteroatoms. The van der Waals surface area contributed by atoms with Crippen LogP contribution in [0.25, 0.3) is 0 Å². The van der Waals surface area contributed by atoms with Gasteiger partial charge in [-0.05, 0) is 18.2 Å². The molecule has 0 aliphatic heterocycles. The molecule has 3 nitrogen and oxygen atoms in total. The van der Waals surface area contributed by atoms with Crippen LogP contribution in [-0.2, 0) is 4.79 Å². The summed E-state index contributed by atoms with van der Waals surface area (Å²) in [6, 6.07) is 5.84. The maximum Gasteiger partial charge on any atom is 0.250 e. The Morgan fingerprint density at radius 1 is 1.67 bits per heavy atom. The van der Waals surface area contributed by atoms with Crippen molar-refractivity contribution in [3.8, 4) is 6.07 Å². The quantitative estimate of drug-likeness (QED) is 0.690. The first-order valence-corrected chi connectivity index (χ1v) is 4.20. The van der Waals surface area contributed by atoms with Gasteiger partial charge in [-0.15, -0.1) is 0 Å². The zero-order valence-corrected chi connectivity index (χ0v) is 8.20. The van der Waals surface area contributed by atoms with Gasteiger partial charge in [-0.25, -0.2) is 4.39 Å². The van der Waals surface area contributed by atoms with Crippen molar-refractivity contribution in [1.29, 1.82) is 5.26 Å². The average molecular weight is 204 g/mol. The van der Waals surface area contributed by atoms with Gasteiger partial charge < -0.3 is 4.90 Å². The average Bonchev–Trinajstić information content (AvgIpc) is 2.26. The molecule has 0 radical (unpaired) electrons. The summed E-state index contributed by atoms with van der Waals surface area (Å²) in [5.41, 5.74) is 0.0950. The van der Waals surface area contributed by atoms with Gasteiger partial charge in [-0.1, -0.05) is 12.6 Å². The second-order valence-corrected chi connectivity index (χ2v) is 2.85. The van der Waals surface area contributed by atoms with E-state index in [2.05, 4.69) is 6.58 Å². The lowest BCUT2D eigenvalue weighted by Crippen LogP contribution is -2.24. The predicted molar refractivity (Wildman–Crippen MR) is 54.7 cm³/mol. The molecule has 0 aromatic heterocycles.